The van der Waals surface area contributed by atoms with E-state index in [0.717, 1.165) is 17.8 Å². The quantitative estimate of drug-likeness (QED) is 0.309. The fraction of sp³-hybridized carbons (Fsp3) is 0.348. The number of anilines is 1. The van der Waals surface area contributed by atoms with E-state index in [1.54, 1.807) is 18.2 Å². The molecular formula is C23H24ClF3N4O3S. The van der Waals surface area contributed by atoms with Gasteiger partial charge < -0.3 is 19.4 Å². The summed E-state index contributed by atoms with van der Waals surface area (Å²) in [5.41, 5.74) is -0.0819. The first kappa shape index (κ1) is 26.7. The summed E-state index contributed by atoms with van der Waals surface area (Å²) in [4.78, 5) is 12.5. The number of ether oxygens (including phenoxy) is 2. The molecule has 0 saturated heterocycles. The van der Waals surface area contributed by atoms with Gasteiger partial charge in [-0.25, -0.2) is 0 Å². The van der Waals surface area contributed by atoms with E-state index in [9.17, 15) is 18.0 Å². The molecule has 0 fully saturated rings. The second-order valence-electron chi connectivity index (χ2n) is 7.92. The number of hydrogen-bond acceptors (Lipinski definition) is 6. The molecule has 1 atom stereocenters. The largest absolute Gasteiger partial charge is 0.573 e. The molecule has 188 valence electrons. The maximum atomic E-state index is 12.6. The third-order valence-electron chi connectivity index (χ3n) is 4.52. The molecule has 0 aliphatic carbocycles. The van der Waals surface area contributed by atoms with Crippen molar-refractivity contribution in [3.8, 4) is 11.5 Å². The van der Waals surface area contributed by atoms with E-state index < -0.39 is 24.1 Å². The first-order valence-electron chi connectivity index (χ1n) is 10.6. The zero-order chi connectivity index (χ0) is 25.6. The van der Waals surface area contributed by atoms with Gasteiger partial charge in [-0.05, 0) is 37.1 Å². The van der Waals surface area contributed by atoms with Crippen LogP contribution >= 0.6 is 23.4 Å². The number of thioether (sulfide) groups is 1. The summed E-state index contributed by atoms with van der Waals surface area (Å²) in [7, 11) is 0. The smallest absolute Gasteiger partial charge is 0.481 e. The lowest BCUT2D eigenvalue weighted by Crippen LogP contribution is -2.20. The average molecular weight is 529 g/mol. The van der Waals surface area contributed by atoms with Gasteiger partial charge >= 0.3 is 6.36 Å². The molecule has 3 aromatic rings. The molecule has 7 nitrogen and oxygen atoms in total. The minimum absolute atomic E-state index is 0.0819. The topological polar surface area (TPSA) is 78.3 Å². The molecule has 1 aromatic heterocycles. The third-order valence-corrected chi connectivity index (χ3v) is 5.80. The number of carbonyl (C=O) groups excluding carboxylic acids is 1. The number of rotatable bonds is 10. The van der Waals surface area contributed by atoms with Crippen LogP contribution in [-0.2, 0) is 11.3 Å². The van der Waals surface area contributed by atoms with Gasteiger partial charge in [0.25, 0.3) is 0 Å². The van der Waals surface area contributed by atoms with Crippen molar-refractivity contribution in [3.63, 3.8) is 0 Å². The van der Waals surface area contributed by atoms with Gasteiger partial charge in [-0.1, -0.05) is 61.5 Å². The standard InChI is InChI=1S/C23H24ClF3N4O3S/c1-14(2)12-31-21(15(3)33-18-10-6-4-8-16(18)24)29-30-22(31)35-13-20(32)28-17-9-5-7-11-19(17)34-23(25,26)27/h4-11,14-15H,12-13H2,1-3H3,(H,28,32). The second-order valence-corrected chi connectivity index (χ2v) is 9.27. The maximum Gasteiger partial charge on any atom is 0.573 e. The number of hydrogen-bond donors (Lipinski definition) is 1. The summed E-state index contributed by atoms with van der Waals surface area (Å²) in [6.07, 6.45) is -5.35. The van der Waals surface area contributed by atoms with E-state index >= 15 is 0 Å². The Labute approximate surface area is 210 Å². The highest BCUT2D eigenvalue weighted by atomic mass is 35.5. The number of halogens is 4. The molecule has 1 unspecified atom stereocenters. The van der Waals surface area contributed by atoms with Gasteiger partial charge in [0.15, 0.2) is 22.8 Å². The van der Waals surface area contributed by atoms with Gasteiger partial charge in [-0.3, -0.25) is 4.79 Å². The predicted molar refractivity (Wildman–Crippen MR) is 128 cm³/mol. The molecular weight excluding hydrogens is 505 g/mol. The average Bonchev–Trinajstić information content (AvgIpc) is 3.16. The van der Waals surface area contributed by atoms with Crippen LogP contribution < -0.4 is 14.8 Å². The first-order chi connectivity index (χ1) is 16.5. The van der Waals surface area contributed by atoms with Crippen molar-refractivity contribution in [1.29, 1.82) is 0 Å². The van der Waals surface area contributed by atoms with Crippen molar-refractivity contribution >= 4 is 35.0 Å². The minimum Gasteiger partial charge on any atom is -0.481 e. The number of amides is 1. The first-order valence-corrected chi connectivity index (χ1v) is 12.0. The van der Waals surface area contributed by atoms with Crippen molar-refractivity contribution in [1.82, 2.24) is 14.8 Å². The molecule has 3 rings (SSSR count). The lowest BCUT2D eigenvalue weighted by molar-refractivity contribution is -0.274. The van der Waals surface area contributed by atoms with Gasteiger partial charge in [0.05, 0.1) is 16.5 Å². The van der Waals surface area contributed by atoms with E-state index in [0.29, 0.717) is 28.3 Å². The van der Waals surface area contributed by atoms with Crippen LogP contribution in [0.2, 0.25) is 5.02 Å². The fourth-order valence-corrected chi connectivity index (χ4v) is 4.06. The van der Waals surface area contributed by atoms with Crippen molar-refractivity contribution < 1.29 is 27.4 Å². The van der Waals surface area contributed by atoms with E-state index in [-0.39, 0.29) is 17.4 Å². The summed E-state index contributed by atoms with van der Waals surface area (Å²) in [5, 5.41) is 11.9. The highest BCUT2D eigenvalue weighted by Crippen LogP contribution is 2.31. The molecule has 1 amide bonds. The molecule has 12 heteroatoms. The van der Waals surface area contributed by atoms with Crippen LogP contribution in [-0.4, -0.2) is 32.8 Å². The van der Waals surface area contributed by atoms with Gasteiger partial charge in [0.2, 0.25) is 5.91 Å². The summed E-state index contributed by atoms with van der Waals surface area (Å²) >= 11 is 7.31. The third kappa shape index (κ3) is 7.79. The molecule has 1 N–H and O–H groups in total. The molecule has 0 spiro atoms. The van der Waals surface area contributed by atoms with Crippen LogP contribution in [0.15, 0.2) is 53.7 Å². The van der Waals surface area contributed by atoms with Crippen molar-refractivity contribution in [2.45, 2.75) is 44.9 Å². The molecule has 2 aromatic carbocycles. The number of benzene rings is 2. The number of carbonyl (C=O) groups is 1. The Hall–Kier alpha value is -2.92. The molecule has 35 heavy (non-hydrogen) atoms. The van der Waals surface area contributed by atoms with E-state index in [1.165, 1.54) is 18.2 Å². The molecule has 0 radical (unpaired) electrons. The van der Waals surface area contributed by atoms with Crippen molar-refractivity contribution in [3.05, 3.63) is 59.4 Å². The van der Waals surface area contributed by atoms with Crippen LogP contribution in [0.25, 0.3) is 0 Å². The Morgan fingerprint density at radius 3 is 2.40 bits per heavy atom. The Morgan fingerprint density at radius 2 is 1.74 bits per heavy atom. The molecule has 1 heterocycles. The number of alkyl halides is 3. The lowest BCUT2D eigenvalue weighted by atomic mass is 10.2. The summed E-state index contributed by atoms with van der Waals surface area (Å²) < 4.78 is 49.7. The molecule has 0 aliphatic rings. The van der Waals surface area contributed by atoms with Crippen molar-refractivity contribution in [2.24, 2.45) is 5.92 Å². The summed E-state index contributed by atoms with van der Waals surface area (Å²) in [6, 6.07) is 12.4. The van der Waals surface area contributed by atoms with E-state index in [4.69, 9.17) is 16.3 Å². The summed E-state index contributed by atoms with van der Waals surface area (Å²) in [6.45, 7) is 6.46. The van der Waals surface area contributed by atoms with Crippen LogP contribution in [0.1, 0.15) is 32.7 Å². The van der Waals surface area contributed by atoms with Crippen LogP contribution in [0.5, 0.6) is 11.5 Å². The minimum atomic E-state index is -4.87. The Kier molecular flexibility index (Phi) is 8.90. The molecule has 0 bridgehead atoms. The predicted octanol–water partition coefficient (Wildman–Crippen LogP) is 6.36. The van der Waals surface area contributed by atoms with Gasteiger partial charge in [-0.15, -0.1) is 23.4 Å². The number of nitrogens with zero attached hydrogens (tertiary/aromatic N) is 3. The highest BCUT2D eigenvalue weighted by molar-refractivity contribution is 7.99. The Balaban J connectivity index is 1.71. The van der Waals surface area contributed by atoms with E-state index in [2.05, 4.69) is 20.3 Å². The van der Waals surface area contributed by atoms with Crippen LogP contribution in [0.4, 0.5) is 18.9 Å². The van der Waals surface area contributed by atoms with Gasteiger partial charge in [-0.2, -0.15) is 0 Å². The lowest BCUT2D eigenvalue weighted by Gasteiger charge is -2.18. The summed E-state index contributed by atoms with van der Waals surface area (Å²) in [5.74, 6) is 0.204. The zero-order valence-corrected chi connectivity index (χ0v) is 20.7. The number of nitrogens with one attached hydrogen (secondary N) is 1. The number of para-hydroxylation sites is 3. The monoisotopic (exact) mass is 528 g/mol. The Morgan fingerprint density at radius 1 is 1.09 bits per heavy atom. The second kappa shape index (κ2) is 11.7. The highest BCUT2D eigenvalue weighted by Gasteiger charge is 2.32. The Bertz CT molecular complexity index is 1160. The van der Waals surface area contributed by atoms with E-state index in [1.807, 2.05) is 31.4 Å². The van der Waals surface area contributed by atoms with Gasteiger partial charge in [0.1, 0.15) is 5.75 Å². The SMILES string of the molecule is CC(C)Cn1c(SCC(=O)Nc2ccccc2OC(F)(F)F)nnc1C(C)Oc1ccccc1Cl. The normalized spacial score (nSPS) is 12.5. The van der Waals surface area contributed by atoms with Crippen LogP contribution in [0.3, 0.4) is 0 Å². The van der Waals surface area contributed by atoms with Crippen LogP contribution in [0, 0.1) is 5.92 Å². The fourth-order valence-electron chi connectivity index (χ4n) is 3.13. The number of aromatic nitrogens is 3. The molecule has 0 aliphatic heterocycles. The zero-order valence-electron chi connectivity index (χ0n) is 19.2. The molecule has 0 saturated carbocycles. The van der Waals surface area contributed by atoms with Crippen molar-refractivity contribution in [2.75, 3.05) is 11.1 Å². The maximum absolute atomic E-state index is 12.6. The van der Waals surface area contributed by atoms with Gasteiger partial charge in [0, 0.05) is 6.54 Å².